The van der Waals surface area contributed by atoms with Gasteiger partial charge >= 0.3 is 0 Å². The number of pyridine rings is 1. The Morgan fingerprint density at radius 2 is 1.97 bits per heavy atom. The minimum absolute atomic E-state index is 0.0471. The van der Waals surface area contributed by atoms with Crippen molar-refractivity contribution in [3.05, 3.63) is 88.0 Å². The Morgan fingerprint density at radius 3 is 2.77 bits per heavy atom. The maximum atomic E-state index is 12.6. The number of benzene rings is 1. The number of amides is 2. The van der Waals surface area contributed by atoms with E-state index in [1.165, 1.54) is 4.88 Å². The predicted molar refractivity (Wildman–Crippen MR) is 123 cm³/mol. The third-order valence-corrected chi connectivity index (χ3v) is 5.93. The zero-order valence-electron chi connectivity index (χ0n) is 17.3. The van der Waals surface area contributed by atoms with Gasteiger partial charge in [-0.3, -0.25) is 9.59 Å². The molecule has 0 saturated carbocycles. The molecule has 0 bridgehead atoms. The molecule has 0 atom stereocenters. The van der Waals surface area contributed by atoms with Crippen LogP contribution in [0.3, 0.4) is 0 Å². The molecule has 0 fully saturated rings. The minimum atomic E-state index is -0.206. The summed E-state index contributed by atoms with van der Waals surface area (Å²) in [4.78, 5) is 30.6. The third kappa shape index (κ3) is 5.38. The van der Waals surface area contributed by atoms with E-state index in [2.05, 4.69) is 21.7 Å². The molecule has 0 aliphatic heterocycles. The molecule has 158 valence electrons. The Bertz CT molecular complexity index is 1200. The van der Waals surface area contributed by atoms with Gasteiger partial charge in [0.25, 0.3) is 5.91 Å². The Morgan fingerprint density at radius 1 is 1.10 bits per heavy atom. The van der Waals surface area contributed by atoms with Gasteiger partial charge in [0.1, 0.15) is 5.65 Å². The first-order chi connectivity index (χ1) is 15.1. The molecule has 0 unspecified atom stereocenters. The van der Waals surface area contributed by atoms with E-state index in [1.54, 1.807) is 35.6 Å². The molecule has 1 aromatic carbocycles. The second-order valence-electron chi connectivity index (χ2n) is 7.37. The summed E-state index contributed by atoms with van der Waals surface area (Å²) in [6.07, 6.45) is 4.07. The average molecular weight is 433 g/mol. The lowest BCUT2D eigenvalue weighted by Gasteiger charge is -2.08. The molecule has 4 aromatic rings. The zero-order chi connectivity index (χ0) is 21.6. The van der Waals surface area contributed by atoms with Crippen LogP contribution >= 0.6 is 11.3 Å². The van der Waals surface area contributed by atoms with Crippen LogP contribution in [0.1, 0.15) is 39.5 Å². The normalized spacial score (nSPS) is 10.9. The standard InChI is InChI=1S/C24H24N4O2S/c1-17-6-2-11-22-26-20(16-28(17)22)15-25-24(30)18-7-3-8-19(14-18)27-23(29)12-4-9-21-10-5-13-31-21/h2-3,5-8,10-11,13-14,16H,4,9,12,15H2,1H3,(H,25,30)(H,27,29). The van der Waals surface area contributed by atoms with E-state index >= 15 is 0 Å². The Labute approximate surface area is 185 Å². The Balaban J connectivity index is 1.30. The van der Waals surface area contributed by atoms with E-state index in [4.69, 9.17) is 0 Å². The van der Waals surface area contributed by atoms with Gasteiger partial charge < -0.3 is 15.0 Å². The SMILES string of the molecule is Cc1cccc2nc(CNC(=O)c3cccc(NC(=O)CCCc4cccs4)c3)cn12. The van der Waals surface area contributed by atoms with Crippen LogP contribution in [-0.2, 0) is 17.8 Å². The van der Waals surface area contributed by atoms with Crippen molar-refractivity contribution in [1.82, 2.24) is 14.7 Å². The van der Waals surface area contributed by atoms with Gasteiger partial charge in [0.05, 0.1) is 12.2 Å². The summed E-state index contributed by atoms with van der Waals surface area (Å²) in [5.74, 6) is -0.253. The number of nitrogens with one attached hydrogen (secondary N) is 2. The molecule has 3 aromatic heterocycles. The molecule has 2 amide bonds. The maximum absolute atomic E-state index is 12.6. The van der Waals surface area contributed by atoms with Crippen molar-refractivity contribution < 1.29 is 9.59 Å². The van der Waals surface area contributed by atoms with Crippen LogP contribution in [0.4, 0.5) is 5.69 Å². The maximum Gasteiger partial charge on any atom is 0.251 e. The van der Waals surface area contributed by atoms with Crippen LogP contribution in [0.5, 0.6) is 0 Å². The van der Waals surface area contributed by atoms with Crippen LogP contribution in [0, 0.1) is 6.92 Å². The lowest BCUT2D eigenvalue weighted by Crippen LogP contribution is -2.23. The van der Waals surface area contributed by atoms with Gasteiger partial charge in [-0.15, -0.1) is 11.3 Å². The van der Waals surface area contributed by atoms with Gasteiger partial charge in [0.2, 0.25) is 5.91 Å². The van der Waals surface area contributed by atoms with Gasteiger partial charge in [0, 0.05) is 34.4 Å². The number of imidazole rings is 1. The number of rotatable bonds is 8. The first-order valence-electron chi connectivity index (χ1n) is 10.2. The quantitative estimate of drug-likeness (QED) is 0.427. The monoisotopic (exact) mass is 432 g/mol. The summed E-state index contributed by atoms with van der Waals surface area (Å²) in [6, 6.07) is 17.0. The second-order valence-corrected chi connectivity index (χ2v) is 8.40. The lowest BCUT2D eigenvalue weighted by molar-refractivity contribution is -0.116. The largest absolute Gasteiger partial charge is 0.346 e. The van der Waals surface area contributed by atoms with Gasteiger partial charge in [-0.25, -0.2) is 4.98 Å². The number of carbonyl (C=O) groups is 2. The summed E-state index contributed by atoms with van der Waals surface area (Å²) in [6.45, 7) is 2.35. The van der Waals surface area contributed by atoms with Crippen LogP contribution in [-0.4, -0.2) is 21.2 Å². The Hall–Kier alpha value is -3.45. The third-order valence-electron chi connectivity index (χ3n) is 4.99. The fourth-order valence-corrected chi connectivity index (χ4v) is 4.15. The van der Waals surface area contributed by atoms with Crippen LogP contribution < -0.4 is 10.6 Å². The topological polar surface area (TPSA) is 75.5 Å². The van der Waals surface area contributed by atoms with Crippen LogP contribution in [0.25, 0.3) is 5.65 Å². The number of nitrogens with zero attached hydrogens (tertiary/aromatic N) is 2. The van der Waals surface area contributed by atoms with Crippen molar-refractivity contribution >= 4 is 34.5 Å². The number of carbonyl (C=O) groups excluding carboxylic acids is 2. The van der Waals surface area contributed by atoms with E-state index in [0.717, 1.165) is 29.9 Å². The van der Waals surface area contributed by atoms with Gasteiger partial charge in [-0.2, -0.15) is 0 Å². The molecular weight excluding hydrogens is 408 g/mol. The number of anilines is 1. The Kier molecular flexibility index (Phi) is 6.43. The molecule has 0 spiro atoms. The summed E-state index contributed by atoms with van der Waals surface area (Å²) < 4.78 is 2.00. The molecule has 31 heavy (non-hydrogen) atoms. The smallest absolute Gasteiger partial charge is 0.251 e. The van der Waals surface area contributed by atoms with Gasteiger partial charge in [0.15, 0.2) is 0 Å². The summed E-state index contributed by atoms with van der Waals surface area (Å²) in [5, 5.41) is 7.83. The van der Waals surface area contributed by atoms with Crippen LogP contribution in [0.2, 0.25) is 0 Å². The fourth-order valence-electron chi connectivity index (χ4n) is 3.40. The number of thiophene rings is 1. The second kappa shape index (κ2) is 9.57. The molecule has 4 rings (SSSR count). The van der Waals surface area contributed by atoms with Crippen molar-refractivity contribution in [2.45, 2.75) is 32.7 Å². The zero-order valence-corrected chi connectivity index (χ0v) is 18.1. The highest BCUT2D eigenvalue weighted by Crippen LogP contribution is 2.15. The van der Waals surface area contributed by atoms with E-state index in [1.807, 2.05) is 47.2 Å². The van der Waals surface area contributed by atoms with Crippen molar-refractivity contribution in [3.63, 3.8) is 0 Å². The van der Waals surface area contributed by atoms with E-state index < -0.39 is 0 Å². The number of fused-ring (bicyclic) bond motifs is 1. The van der Waals surface area contributed by atoms with Crippen molar-refractivity contribution in [3.8, 4) is 0 Å². The van der Waals surface area contributed by atoms with Gasteiger partial charge in [-0.1, -0.05) is 18.2 Å². The average Bonchev–Trinajstić information content (AvgIpc) is 3.42. The fraction of sp³-hybridized carbons (Fsp3) is 0.208. The highest BCUT2D eigenvalue weighted by molar-refractivity contribution is 7.09. The van der Waals surface area contributed by atoms with Crippen molar-refractivity contribution in [1.29, 1.82) is 0 Å². The molecule has 3 heterocycles. The molecule has 2 N–H and O–H groups in total. The van der Waals surface area contributed by atoms with E-state index in [0.29, 0.717) is 24.2 Å². The molecule has 6 nitrogen and oxygen atoms in total. The molecule has 0 radical (unpaired) electrons. The first kappa shape index (κ1) is 20.8. The number of aryl methyl sites for hydroxylation is 2. The van der Waals surface area contributed by atoms with Crippen molar-refractivity contribution in [2.75, 3.05) is 5.32 Å². The lowest BCUT2D eigenvalue weighted by atomic mass is 10.1. The summed E-state index contributed by atoms with van der Waals surface area (Å²) in [5.41, 5.74) is 3.85. The predicted octanol–water partition coefficient (Wildman–Crippen LogP) is 4.60. The number of hydrogen-bond acceptors (Lipinski definition) is 4. The van der Waals surface area contributed by atoms with E-state index in [-0.39, 0.29) is 11.8 Å². The van der Waals surface area contributed by atoms with E-state index in [9.17, 15) is 9.59 Å². The minimum Gasteiger partial charge on any atom is -0.346 e. The number of hydrogen-bond donors (Lipinski definition) is 2. The highest BCUT2D eigenvalue weighted by atomic mass is 32.1. The first-order valence-corrected chi connectivity index (χ1v) is 11.1. The molecule has 0 aliphatic rings. The van der Waals surface area contributed by atoms with Gasteiger partial charge in [-0.05, 0) is 61.5 Å². The molecule has 0 saturated heterocycles. The highest BCUT2D eigenvalue weighted by Gasteiger charge is 2.10. The van der Waals surface area contributed by atoms with Crippen LogP contribution in [0.15, 0.2) is 66.2 Å². The summed E-state index contributed by atoms with van der Waals surface area (Å²) >= 11 is 1.71. The molecule has 0 aliphatic carbocycles. The van der Waals surface area contributed by atoms with Crippen molar-refractivity contribution in [2.24, 2.45) is 0 Å². The molecule has 7 heteroatoms. The summed E-state index contributed by atoms with van der Waals surface area (Å²) in [7, 11) is 0. The number of aromatic nitrogens is 2. The molecular formula is C24H24N4O2S.